The SMILES string of the molecule is CCOCCN(CCOCC)c1nsnc1Cl. The zero-order valence-corrected chi connectivity index (χ0v) is 11.8. The molecule has 0 aliphatic rings. The quantitative estimate of drug-likeness (QED) is 0.648. The van der Waals surface area contributed by atoms with Crippen molar-refractivity contribution >= 4 is 29.1 Å². The van der Waals surface area contributed by atoms with Crippen LogP contribution in [0.5, 0.6) is 0 Å². The Morgan fingerprint density at radius 1 is 1.12 bits per heavy atom. The van der Waals surface area contributed by atoms with Gasteiger partial charge >= 0.3 is 0 Å². The van der Waals surface area contributed by atoms with E-state index in [1.165, 1.54) is 0 Å². The molecule has 0 radical (unpaired) electrons. The fraction of sp³-hybridized carbons (Fsp3) is 0.800. The number of ether oxygens (including phenoxy) is 2. The van der Waals surface area contributed by atoms with Gasteiger partial charge in [-0.1, -0.05) is 11.6 Å². The number of halogens is 1. The molecule has 0 aliphatic heterocycles. The molecule has 1 rings (SSSR count). The van der Waals surface area contributed by atoms with Gasteiger partial charge in [0.2, 0.25) is 0 Å². The Morgan fingerprint density at radius 2 is 1.71 bits per heavy atom. The van der Waals surface area contributed by atoms with Crippen LogP contribution in [-0.2, 0) is 9.47 Å². The summed E-state index contributed by atoms with van der Waals surface area (Å²) in [4.78, 5) is 2.04. The fourth-order valence-corrected chi connectivity index (χ4v) is 2.10. The normalized spacial score (nSPS) is 10.8. The molecule has 0 bridgehead atoms. The molecular formula is C10H18ClN3O2S. The van der Waals surface area contributed by atoms with E-state index in [1.807, 2.05) is 18.7 Å². The molecule has 17 heavy (non-hydrogen) atoms. The second-order valence-corrected chi connectivity index (χ2v) is 4.15. The molecule has 0 aromatic carbocycles. The highest BCUT2D eigenvalue weighted by Crippen LogP contribution is 2.22. The first-order valence-corrected chi connectivity index (χ1v) is 6.78. The number of anilines is 1. The predicted octanol–water partition coefficient (Wildman–Crippen LogP) is 2.07. The Kier molecular flexibility index (Phi) is 7.43. The standard InChI is InChI=1S/C10H18ClN3O2S/c1-3-15-7-5-14(6-8-16-4-2)10-9(11)12-17-13-10/h3-8H2,1-2H3. The molecule has 7 heteroatoms. The van der Waals surface area contributed by atoms with Crippen LogP contribution in [0.15, 0.2) is 0 Å². The Labute approximate surface area is 111 Å². The van der Waals surface area contributed by atoms with Crippen molar-refractivity contribution in [3.63, 3.8) is 0 Å². The smallest absolute Gasteiger partial charge is 0.187 e. The second kappa shape index (κ2) is 8.63. The van der Waals surface area contributed by atoms with Gasteiger partial charge in [-0.2, -0.15) is 8.75 Å². The van der Waals surface area contributed by atoms with Crippen LogP contribution in [0.4, 0.5) is 5.82 Å². The summed E-state index contributed by atoms with van der Waals surface area (Å²) < 4.78 is 18.8. The highest BCUT2D eigenvalue weighted by Gasteiger charge is 2.14. The van der Waals surface area contributed by atoms with Crippen LogP contribution in [0.2, 0.25) is 5.15 Å². The van der Waals surface area contributed by atoms with Crippen molar-refractivity contribution in [2.45, 2.75) is 13.8 Å². The molecule has 1 aromatic heterocycles. The maximum atomic E-state index is 5.97. The topological polar surface area (TPSA) is 47.5 Å². The van der Waals surface area contributed by atoms with E-state index in [2.05, 4.69) is 8.75 Å². The van der Waals surface area contributed by atoms with E-state index >= 15 is 0 Å². The molecule has 1 heterocycles. The van der Waals surface area contributed by atoms with Crippen LogP contribution in [0.3, 0.4) is 0 Å². The maximum Gasteiger partial charge on any atom is 0.187 e. The van der Waals surface area contributed by atoms with Crippen molar-refractivity contribution in [3.05, 3.63) is 5.15 Å². The Balaban J connectivity index is 2.49. The van der Waals surface area contributed by atoms with E-state index in [0.717, 1.165) is 30.6 Å². The molecule has 0 spiro atoms. The van der Waals surface area contributed by atoms with Gasteiger partial charge in [0.15, 0.2) is 11.0 Å². The molecule has 5 nitrogen and oxygen atoms in total. The maximum absolute atomic E-state index is 5.97. The average Bonchev–Trinajstić information content (AvgIpc) is 2.74. The van der Waals surface area contributed by atoms with Gasteiger partial charge < -0.3 is 14.4 Å². The predicted molar refractivity (Wildman–Crippen MR) is 70.1 cm³/mol. The van der Waals surface area contributed by atoms with Crippen molar-refractivity contribution in [3.8, 4) is 0 Å². The first-order chi connectivity index (χ1) is 8.29. The highest BCUT2D eigenvalue weighted by atomic mass is 35.5. The fourth-order valence-electron chi connectivity index (χ4n) is 1.32. The minimum atomic E-state index is 0.447. The number of hydrogen-bond acceptors (Lipinski definition) is 6. The number of rotatable bonds is 9. The summed E-state index contributed by atoms with van der Waals surface area (Å²) in [6.07, 6.45) is 0. The summed E-state index contributed by atoms with van der Waals surface area (Å²) in [6, 6.07) is 0. The van der Waals surface area contributed by atoms with Crippen LogP contribution < -0.4 is 4.90 Å². The van der Waals surface area contributed by atoms with Crippen molar-refractivity contribution in [1.82, 2.24) is 8.75 Å². The number of nitrogens with zero attached hydrogens (tertiary/aromatic N) is 3. The van der Waals surface area contributed by atoms with Gasteiger partial charge in [-0.25, -0.2) is 0 Å². The van der Waals surface area contributed by atoms with Gasteiger partial charge in [-0.3, -0.25) is 0 Å². The van der Waals surface area contributed by atoms with Gasteiger partial charge in [0, 0.05) is 26.3 Å². The van der Waals surface area contributed by atoms with Crippen molar-refractivity contribution in [2.24, 2.45) is 0 Å². The Bertz CT molecular complexity index is 301. The largest absolute Gasteiger partial charge is 0.380 e. The average molecular weight is 280 g/mol. The molecule has 0 unspecified atom stereocenters. The number of aromatic nitrogens is 2. The first-order valence-electron chi connectivity index (χ1n) is 5.68. The third-order valence-electron chi connectivity index (χ3n) is 2.15. The van der Waals surface area contributed by atoms with E-state index in [1.54, 1.807) is 0 Å². The van der Waals surface area contributed by atoms with Gasteiger partial charge in [0.1, 0.15) is 0 Å². The second-order valence-electron chi connectivity index (χ2n) is 3.26. The van der Waals surface area contributed by atoms with Crippen LogP contribution in [0.1, 0.15) is 13.8 Å². The lowest BCUT2D eigenvalue weighted by molar-refractivity contribution is 0.141. The van der Waals surface area contributed by atoms with Crippen LogP contribution >= 0.6 is 23.3 Å². The molecule has 0 N–H and O–H groups in total. The molecule has 0 aliphatic carbocycles. The zero-order chi connectivity index (χ0) is 12.5. The lowest BCUT2D eigenvalue weighted by Crippen LogP contribution is -2.31. The summed E-state index contributed by atoms with van der Waals surface area (Å²) in [5.41, 5.74) is 0. The molecule has 98 valence electrons. The molecular weight excluding hydrogens is 262 g/mol. The van der Waals surface area contributed by atoms with E-state index in [-0.39, 0.29) is 0 Å². The molecule has 0 fully saturated rings. The number of hydrogen-bond donors (Lipinski definition) is 0. The van der Waals surface area contributed by atoms with Crippen molar-refractivity contribution < 1.29 is 9.47 Å². The molecule has 1 aromatic rings. The van der Waals surface area contributed by atoms with Gasteiger partial charge in [0.05, 0.1) is 24.9 Å². The van der Waals surface area contributed by atoms with Gasteiger partial charge in [-0.05, 0) is 13.8 Å². The van der Waals surface area contributed by atoms with Crippen LogP contribution in [-0.4, -0.2) is 48.3 Å². The van der Waals surface area contributed by atoms with Crippen LogP contribution in [0, 0.1) is 0 Å². The minimum absolute atomic E-state index is 0.447. The molecule has 0 saturated carbocycles. The van der Waals surface area contributed by atoms with Crippen LogP contribution in [0.25, 0.3) is 0 Å². The van der Waals surface area contributed by atoms with E-state index in [0.29, 0.717) is 31.6 Å². The summed E-state index contributed by atoms with van der Waals surface area (Å²) >= 11 is 7.09. The van der Waals surface area contributed by atoms with E-state index in [4.69, 9.17) is 21.1 Å². The van der Waals surface area contributed by atoms with Crippen molar-refractivity contribution in [1.29, 1.82) is 0 Å². The zero-order valence-electron chi connectivity index (χ0n) is 10.2. The summed E-state index contributed by atoms with van der Waals surface area (Å²) in [5, 5.41) is 0.447. The summed E-state index contributed by atoms with van der Waals surface area (Å²) in [6.45, 7) is 8.15. The lowest BCUT2D eigenvalue weighted by Gasteiger charge is -2.21. The van der Waals surface area contributed by atoms with Gasteiger partial charge in [-0.15, -0.1) is 0 Å². The Hall–Kier alpha value is -0.430. The third-order valence-corrected chi connectivity index (χ3v) is 3.02. The van der Waals surface area contributed by atoms with Gasteiger partial charge in [0.25, 0.3) is 0 Å². The minimum Gasteiger partial charge on any atom is -0.380 e. The molecule has 0 amide bonds. The monoisotopic (exact) mass is 279 g/mol. The first kappa shape index (κ1) is 14.6. The molecule has 0 saturated heterocycles. The summed E-state index contributed by atoms with van der Waals surface area (Å²) in [7, 11) is 0. The Morgan fingerprint density at radius 3 is 2.12 bits per heavy atom. The van der Waals surface area contributed by atoms with E-state index < -0.39 is 0 Å². The molecule has 0 atom stereocenters. The summed E-state index contributed by atoms with van der Waals surface area (Å²) in [5.74, 6) is 0.719. The van der Waals surface area contributed by atoms with Crippen molar-refractivity contribution in [2.75, 3.05) is 44.4 Å². The lowest BCUT2D eigenvalue weighted by atomic mass is 10.4. The van der Waals surface area contributed by atoms with E-state index in [9.17, 15) is 0 Å². The third kappa shape index (κ3) is 5.16. The highest BCUT2D eigenvalue weighted by molar-refractivity contribution is 6.99.